The number of halogens is 1. The number of nitriles is 1. The molecule has 2 rings (SSSR count). The molecule has 0 fully saturated rings. The summed E-state index contributed by atoms with van der Waals surface area (Å²) in [6.07, 6.45) is 1.26. The third-order valence-corrected chi connectivity index (χ3v) is 4.78. The van der Waals surface area contributed by atoms with Gasteiger partial charge in [-0.15, -0.1) is 0 Å². The van der Waals surface area contributed by atoms with Gasteiger partial charge in [0.05, 0.1) is 23.1 Å². The first-order valence-electron chi connectivity index (χ1n) is 5.33. The highest BCUT2D eigenvalue weighted by molar-refractivity contribution is 8.23. The number of hydrogen-bond donors (Lipinski definition) is 2. The molecule has 1 aromatic carbocycles. The molecule has 100 valence electrons. The Kier molecular flexibility index (Phi) is 3.56. The van der Waals surface area contributed by atoms with Crippen LogP contribution in [0.2, 0.25) is 5.02 Å². The van der Waals surface area contributed by atoms with Crippen LogP contribution in [0, 0.1) is 11.3 Å². The van der Waals surface area contributed by atoms with Crippen molar-refractivity contribution in [3.8, 4) is 6.07 Å². The van der Waals surface area contributed by atoms with Gasteiger partial charge < -0.3 is 0 Å². The quantitative estimate of drug-likeness (QED) is 0.821. The standard InChI is InChI=1S/C12H11ClN2O3S/c1-8(4-5-14)7-15-12(16)10-3-2-9(13)6-11(10)19(15,17)18/h2-4,6,17-18H,7H2,1H3. The van der Waals surface area contributed by atoms with Gasteiger partial charge in [0.25, 0.3) is 5.91 Å². The number of nitrogens with zero attached hydrogens (tertiary/aromatic N) is 2. The van der Waals surface area contributed by atoms with Crippen molar-refractivity contribution in [2.45, 2.75) is 11.8 Å². The van der Waals surface area contributed by atoms with E-state index in [1.54, 1.807) is 6.92 Å². The van der Waals surface area contributed by atoms with Crippen LogP contribution >= 0.6 is 22.4 Å². The highest BCUT2D eigenvalue weighted by Crippen LogP contribution is 2.59. The van der Waals surface area contributed by atoms with E-state index in [1.165, 1.54) is 24.3 Å². The minimum Gasteiger partial charge on any atom is -0.277 e. The van der Waals surface area contributed by atoms with Crippen LogP contribution in [0.4, 0.5) is 0 Å². The predicted octanol–water partition coefficient (Wildman–Crippen LogP) is 3.29. The Morgan fingerprint density at radius 1 is 1.58 bits per heavy atom. The summed E-state index contributed by atoms with van der Waals surface area (Å²) in [5, 5.41) is 8.88. The molecule has 1 aromatic rings. The molecular formula is C12H11ClN2O3S. The van der Waals surface area contributed by atoms with Crippen molar-refractivity contribution >= 4 is 28.3 Å². The van der Waals surface area contributed by atoms with Gasteiger partial charge in [-0.3, -0.25) is 13.9 Å². The normalized spacial score (nSPS) is 19.0. The lowest BCUT2D eigenvalue weighted by molar-refractivity contribution is 0.0870. The third-order valence-electron chi connectivity index (χ3n) is 2.71. The molecule has 0 saturated carbocycles. The first-order valence-corrected chi connectivity index (χ1v) is 7.21. The predicted molar refractivity (Wildman–Crippen MR) is 73.0 cm³/mol. The lowest BCUT2D eigenvalue weighted by Crippen LogP contribution is -2.29. The summed E-state index contributed by atoms with van der Waals surface area (Å²) in [5.74, 6) is -0.475. The summed E-state index contributed by atoms with van der Waals surface area (Å²) in [5.41, 5.74) is 0.795. The summed E-state index contributed by atoms with van der Waals surface area (Å²) < 4.78 is 21.4. The van der Waals surface area contributed by atoms with Gasteiger partial charge in [-0.2, -0.15) is 5.26 Å². The van der Waals surface area contributed by atoms with Crippen LogP contribution in [0.25, 0.3) is 0 Å². The number of carbonyl (C=O) groups excluding carboxylic acids is 1. The Bertz CT molecular complexity index is 622. The van der Waals surface area contributed by atoms with Crippen LogP contribution in [-0.2, 0) is 0 Å². The van der Waals surface area contributed by atoms with E-state index >= 15 is 0 Å². The molecule has 0 atom stereocenters. The van der Waals surface area contributed by atoms with Crippen molar-refractivity contribution in [1.29, 1.82) is 5.26 Å². The molecule has 1 amide bonds. The highest BCUT2D eigenvalue weighted by Gasteiger charge is 2.41. The second-order valence-corrected chi connectivity index (χ2v) is 6.48. The smallest absolute Gasteiger partial charge is 0.274 e. The van der Waals surface area contributed by atoms with Crippen molar-refractivity contribution in [1.82, 2.24) is 4.31 Å². The zero-order chi connectivity index (χ0) is 14.2. The van der Waals surface area contributed by atoms with Gasteiger partial charge in [-0.1, -0.05) is 22.4 Å². The van der Waals surface area contributed by atoms with E-state index in [4.69, 9.17) is 16.9 Å². The number of rotatable bonds is 2. The molecule has 1 aliphatic rings. The third kappa shape index (κ3) is 2.33. The molecule has 7 heteroatoms. The highest BCUT2D eigenvalue weighted by atomic mass is 35.5. The molecule has 2 N–H and O–H groups in total. The number of amides is 1. The summed E-state index contributed by atoms with van der Waals surface area (Å²) in [6.45, 7) is 1.63. The van der Waals surface area contributed by atoms with Crippen molar-refractivity contribution < 1.29 is 13.9 Å². The van der Waals surface area contributed by atoms with Gasteiger partial charge in [0.15, 0.2) is 0 Å². The molecule has 0 radical (unpaired) electrons. The van der Waals surface area contributed by atoms with E-state index in [0.717, 1.165) is 4.31 Å². The van der Waals surface area contributed by atoms with Crippen LogP contribution in [0.3, 0.4) is 0 Å². The van der Waals surface area contributed by atoms with E-state index in [-0.39, 0.29) is 17.0 Å². The maximum absolute atomic E-state index is 12.1. The van der Waals surface area contributed by atoms with Crippen LogP contribution in [-0.4, -0.2) is 25.9 Å². The Morgan fingerprint density at radius 3 is 2.89 bits per heavy atom. The molecule has 0 spiro atoms. The van der Waals surface area contributed by atoms with Crippen molar-refractivity contribution in [2.75, 3.05) is 6.54 Å². The molecule has 0 aliphatic carbocycles. The van der Waals surface area contributed by atoms with Crippen LogP contribution in [0.15, 0.2) is 34.7 Å². The minimum atomic E-state index is -3.38. The van der Waals surface area contributed by atoms with E-state index in [0.29, 0.717) is 10.6 Å². The number of hydrogen-bond acceptors (Lipinski definition) is 4. The summed E-state index contributed by atoms with van der Waals surface area (Å²) in [7, 11) is -3.38. The van der Waals surface area contributed by atoms with E-state index in [9.17, 15) is 13.9 Å². The minimum absolute atomic E-state index is 0.0129. The zero-order valence-electron chi connectivity index (χ0n) is 10.00. The molecule has 0 bridgehead atoms. The molecule has 0 aromatic heterocycles. The van der Waals surface area contributed by atoms with Crippen molar-refractivity contribution in [2.24, 2.45) is 0 Å². The largest absolute Gasteiger partial charge is 0.277 e. The second-order valence-electron chi connectivity index (χ2n) is 4.12. The topological polar surface area (TPSA) is 84.6 Å². The fourth-order valence-corrected chi connectivity index (χ4v) is 3.74. The maximum atomic E-state index is 12.1. The van der Waals surface area contributed by atoms with Crippen molar-refractivity contribution in [3.05, 3.63) is 40.4 Å². The fraction of sp³-hybridized carbons (Fsp3) is 0.167. The number of carbonyl (C=O) groups is 1. The van der Waals surface area contributed by atoms with Gasteiger partial charge in [0.2, 0.25) is 0 Å². The van der Waals surface area contributed by atoms with Gasteiger partial charge in [0.1, 0.15) is 0 Å². The SMILES string of the molecule is CC(=CC#N)CN1C(=O)c2ccc(Cl)cc2S1(O)O. The van der Waals surface area contributed by atoms with E-state index in [1.807, 2.05) is 6.07 Å². The average molecular weight is 299 g/mol. The number of allylic oxidation sites excluding steroid dienone is 1. The lowest BCUT2D eigenvalue weighted by Gasteiger charge is -2.37. The van der Waals surface area contributed by atoms with Crippen LogP contribution in [0.5, 0.6) is 0 Å². The molecule has 5 nitrogen and oxygen atoms in total. The summed E-state index contributed by atoms with van der Waals surface area (Å²) >= 11 is 5.81. The molecule has 1 aliphatic heterocycles. The molecule has 0 unspecified atom stereocenters. The fourth-order valence-electron chi connectivity index (χ4n) is 1.81. The zero-order valence-corrected chi connectivity index (χ0v) is 11.6. The van der Waals surface area contributed by atoms with Gasteiger partial charge >= 0.3 is 0 Å². The Morgan fingerprint density at radius 2 is 2.26 bits per heavy atom. The summed E-state index contributed by atoms with van der Waals surface area (Å²) in [4.78, 5) is 12.3. The molecule has 1 heterocycles. The molecular weight excluding hydrogens is 288 g/mol. The van der Waals surface area contributed by atoms with Gasteiger partial charge in [0, 0.05) is 11.1 Å². The van der Waals surface area contributed by atoms with Gasteiger partial charge in [-0.05, 0) is 30.7 Å². The molecule has 19 heavy (non-hydrogen) atoms. The average Bonchev–Trinajstić information content (AvgIpc) is 2.51. The first kappa shape index (κ1) is 13.9. The van der Waals surface area contributed by atoms with E-state index < -0.39 is 16.7 Å². The Balaban J connectivity index is 2.43. The monoisotopic (exact) mass is 298 g/mol. The van der Waals surface area contributed by atoms with Crippen LogP contribution in [0.1, 0.15) is 17.3 Å². The van der Waals surface area contributed by atoms with Gasteiger partial charge in [-0.25, -0.2) is 4.31 Å². The maximum Gasteiger partial charge on any atom is 0.274 e. The Labute approximate surface area is 117 Å². The first-order chi connectivity index (χ1) is 8.87. The second kappa shape index (κ2) is 4.87. The lowest BCUT2D eigenvalue weighted by atomic mass is 10.2. The number of fused-ring (bicyclic) bond motifs is 1. The van der Waals surface area contributed by atoms with Crippen molar-refractivity contribution in [3.63, 3.8) is 0 Å². The Hall–Kier alpha value is -1.52. The molecule has 0 saturated heterocycles. The van der Waals surface area contributed by atoms with Crippen LogP contribution < -0.4 is 0 Å². The number of benzene rings is 1. The summed E-state index contributed by atoms with van der Waals surface area (Å²) in [6, 6.07) is 6.21. The van der Waals surface area contributed by atoms with E-state index in [2.05, 4.69) is 0 Å².